The van der Waals surface area contributed by atoms with Crippen LogP contribution in [0.25, 0.3) is 0 Å². The van der Waals surface area contributed by atoms with Crippen LogP contribution >= 0.6 is 0 Å². The van der Waals surface area contributed by atoms with Crippen molar-refractivity contribution >= 4 is 24.0 Å². The Morgan fingerprint density at radius 1 is 1.34 bits per heavy atom. The molecule has 0 bridgehead atoms. The molecule has 3 aliphatic rings. The summed E-state index contributed by atoms with van der Waals surface area (Å²) in [6.07, 6.45) is 2.89. The number of rotatable bonds is 7. The van der Waals surface area contributed by atoms with E-state index in [9.17, 15) is 19.2 Å². The lowest BCUT2D eigenvalue weighted by Gasteiger charge is -2.31. The van der Waals surface area contributed by atoms with Gasteiger partial charge in [0.05, 0.1) is 6.04 Å². The Labute approximate surface area is 173 Å². The Kier molecular flexibility index (Phi) is 5.80. The minimum absolute atomic E-state index is 0.0147. The minimum atomic E-state index is -0.705. The zero-order valence-corrected chi connectivity index (χ0v) is 18.3. The summed E-state index contributed by atoms with van der Waals surface area (Å²) < 4.78 is 0. The third-order valence-electron chi connectivity index (χ3n) is 7.08. The molecule has 2 saturated heterocycles. The Bertz CT molecular complexity index is 697. The van der Waals surface area contributed by atoms with E-state index in [0.717, 1.165) is 6.42 Å². The first-order chi connectivity index (χ1) is 13.5. The molecule has 5 atom stereocenters. The number of amides is 3. The van der Waals surface area contributed by atoms with Crippen LogP contribution in [0, 0.1) is 28.6 Å². The smallest absolute Gasteiger partial charge is 0.243 e. The summed E-state index contributed by atoms with van der Waals surface area (Å²) in [5.74, 6) is -0.100. The van der Waals surface area contributed by atoms with Gasteiger partial charge in [-0.15, -0.1) is 0 Å². The Hall–Kier alpha value is -1.92. The number of likely N-dealkylation sites (tertiary alicyclic amines) is 1. The number of hydrogen-bond acceptors (Lipinski definition) is 4. The molecule has 3 rings (SSSR count). The minimum Gasteiger partial charge on any atom is -0.356 e. The number of carbonyl (C=O) groups excluding carboxylic acids is 4. The van der Waals surface area contributed by atoms with Gasteiger partial charge >= 0.3 is 0 Å². The highest BCUT2D eigenvalue weighted by atomic mass is 16.2. The van der Waals surface area contributed by atoms with Crippen molar-refractivity contribution in [2.75, 3.05) is 13.1 Å². The molecule has 0 radical (unpaired) electrons. The highest BCUT2D eigenvalue weighted by Crippen LogP contribution is 2.64. The number of fused-ring (bicyclic) bond motifs is 1. The van der Waals surface area contributed by atoms with Crippen molar-refractivity contribution in [3.8, 4) is 0 Å². The summed E-state index contributed by atoms with van der Waals surface area (Å²) in [6, 6.07) is -1.23. The molecule has 2 heterocycles. The average Bonchev–Trinajstić information content (AvgIpc) is 3.01. The standard InChI is InChI=1S/C22H35N3O4/c1-21(2,3)8-6-16(27)25-11-15-17(22(15,4)5)18(25)20(29)24-14(12-26)10-13-7-9-23-19(13)28/h12-15,17-18H,6-11H2,1-5H3,(H,23,28)(H,24,29)/t13-,14-,15-,17-,18-/m0/s1. The highest BCUT2D eigenvalue weighted by Gasteiger charge is 2.69. The lowest BCUT2D eigenvalue weighted by atomic mass is 9.90. The number of hydrogen-bond donors (Lipinski definition) is 2. The largest absolute Gasteiger partial charge is 0.356 e. The van der Waals surface area contributed by atoms with Crippen LogP contribution in [0.5, 0.6) is 0 Å². The van der Waals surface area contributed by atoms with E-state index in [-0.39, 0.29) is 40.4 Å². The summed E-state index contributed by atoms with van der Waals surface area (Å²) in [5, 5.41) is 5.59. The second-order valence-electron chi connectivity index (χ2n) is 10.8. The molecule has 1 aliphatic carbocycles. The molecule has 7 heteroatoms. The number of nitrogens with zero attached hydrogens (tertiary/aromatic N) is 1. The van der Waals surface area contributed by atoms with E-state index < -0.39 is 12.1 Å². The van der Waals surface area contributed by atoms with E-state index in [2.05, 4.69) is 45.3 Å². The topological polar surface area (TPSA) is 95.6 Å². The second kappa shape index (κ2) is 7.73. The van der Waals surface area contributed by atoms with E-state index >= 15 is 0 Å². The Morgan fingerprint density at radius 3 is 2.59 bits per heavy atom. The zero-order valence-electron chi connectivity index (χ0n) is 18.3. The van der Waals surface area contributed by atoms with Gasteiger partial charge in [-0.2, -0.15) is 0 Å². The maximum atomic E-state index is 13.1. The highest BCUT2D eigenvalue weighted by molar-refractivity contribution is 5.91. The fraction of sp³-hybridized carbons (Fsp3) is 0.818. The van der Waals surface area contributed by atoms with Gasteiger partial charge in [-0.1, -0.05) is 34.6 Å². The van der Waals surface area contributed by atoms with Crippen LogP contribution in [0.1, 0.15) is 60.3 Å². The number of aldehydes is 1. The number of carbonyl (C=O) groups is 4. The Morgan fingerprint density at radius 2 is 2.03 bits per heavy atom. The Balaban J connectivity index is 1.66. The molecular weight excluding hydrogens is 370 g/mol. The van der Waals surface area contributed by atoms with Crippen molar-refractivity contribution in [2.24, 2.45) is 28.6 Å². The fourth-order valence-corrected chi connectivity index (χ4v) is 5.06. The van der Waals surface area contributed by atoms with Gasteiger partial charge in [-0.25, -0.2) is 0 Å². The number of piperidine rings is 1. The molecule has 162 valence electrons. The van der Waals surface area contributed by atoms with Crippen LogP contribution < -0.4 is 10.6 Å². The first kappa shape index (κ1) is 21.8. The molecule has 2 aliphatic heterocycles. The maximum absolute atomic E-state index is 13.1. The molecule has 0 unspecified atom stereocenters. The molecule has 3 fully saturated rings. The van der Waals surface area contributed by atoms with E-state index in [1.165, 1.54) is 0 Å². The molecule has 1 saturated carbocycles. The quantitative estimate of drug-likeness (QED) is 0.628. The fourth-order valence-electron chi connectivity index (χ4n) is 5.06. The molecule has 0 aromatic heterocycles. The summed E-state index contributed by atoms with van der Waals surface area (Å²) >= 11 is 0. The normalized spacial score (nSPS) is 31.1. The van der Waals surface area contributed by atoms with Gasteiger partial charge in [0.15, 0.2) is 0 Å². The predicted octanol–water partition coefficient (Wildman–Crippen LogP) is 1.51. The molecule has 2 N–H and O–H groups in total. The van der Waals surface area contributed by atoms with Crippen molar-refractivity contribution in [1.29, 1.82) is 0 Å². The van der Waals surface area contributed by atoms with E-state index in [0.29, 0.717) is 44.6 Å². The van der Waals surface area contributed by atoms with E-state index in [1.54, 1.807) is 4.90 Å². The van der Waals surface area contributed by atoms with Crippen molar-refractivity contribution in [1.82, 2.24) is 15.5 Å². The van der Waals surface area contributed by atoms with Gasteiger partial charge in [0, 0.05) is 25.4 Å². The first-order valence-electron chi connectivity index (χ1n) is 10.8. The molecule has 7 nitrogen and oxygen atoms in total. The summed E-state index contributed by atoms with van der Waals surface area (Å²) in [6.45, 7) is 11.8. The van der Waals surface area contributed by atoms with Crippen molar-refractivity contribution < 1.29 is 19.2 Å². The lowest BCUT2D eigenvalue weighted by Crippen LogP contribution is -2.52. The lowest BCUT2D eigenvalue weighted by molar-refractivity contribution is -0.141. The van der Waals surface area contributed by atoms with Crippen LogP contribution in [0.2, 0.25) is 0 Å². The summed E-state index contributed by atoms with van der Waals surface area (Å²) in [5.41, 5.74) is 0.0879. The maximum Gasteiger partial charge on any atom is 0.243 e. The predicted molar refractivity (Wildman–Crippen MR) is 109 cm³/mol. The SMILES string of the molecule is CC(C)(C)CCC(=O)N1C[C@H]2[C@@H]([C@H]1C(=O)N[C@H](C=O)C[C@@H]1CCNC1=O)C2(C)C. The van der Waals surface area contributed by atoms with Crippen LogP contribution in [0.4, 0.5) is 0 Å². The van der Waals surface area contributed by atoms with Crippen LogP contribution in [-0.2, 0) is 19.2 Å². The molecule has 29 heavy (non-hydrogen) atoms. The van der Waals surface area contributed by atoms with Gasteiger partial charge in [-0.3, -0.25) is 14.4 Å². The first-order valence-corrected chi connectivity index (χ1v) is 10.8. The summed E-state index contributed by atoms with van der Waals surface area (Å²) in [7, 11) is 0. The van der Waals surface area contributed by atoms with Crippen molar-refractivity contribution in [3.05, 3.63) is 0 Å². The van der Waals surface area contributed by atoms with Crippen LogP contribution in [-0.4, -0.2) is 54.1 Å². The molecule has 0 spiro atoms. The van der Waals surface area contributed by atoms with E-state index in [1.807, 2.05) is 0 Å². The molecule has 3 amide bonds. The molecule has 0 aromatic rings. The average molecular weight is 406 g/mol. The zero-order chi connectivity index (χ0) is 21.6. The monoisotopic (exact) mass is 405 g/mol. The van der Waals surface area contributed by atoms with E-state index in [4.69, 9.17) is 0 Å². The third kappa shape index (κ3) is 4.48. The van der Waals surface area contributed by atoms with Gasteiger partial charge in [0.25, 0.3) is 0 Å². The molecular formula is C22H35N3O4. The summed E-state index contributed by atoms with van der Waals surface area (Å²) in [4.78, 5) is 51.1. The van der Waals surface area contributed by atoms with Gasteiger partial charge in [-0.05, 0) is 41.9 Å². The number of nitrogens with one attached hydrogen (secondary N) is 2. The van der Waals surface area contributed by atoms with Crippen molar-refractivity contribution in [3.63, 3.8) is 0 Å². The van der Waals surface area contributed by atoms with Gasteiger partial charge in [0.1, 0.15) is 12.3 Å². The van der Waals surface area contributed by atoms with Gasteiger partial charge < -0.3 is 20.3 Å². The second-order valence-corrected chi connectivity index (χ2v) is 10.8. The van der Waals surface area contributed by atoms with Crippen molar-refractivity contribution in [2.45, 2.75) is 72.4 Å². The third-order valence-corrected chi connectivity index (χ3v) is 7.08. The van der Waals surface area contributed by atoms with Crippen LogP contribution in [0.15, 0.2) is 0 Å². The van der Waals surface area contributed by atoms with Gasteiger partial charge in [0.2, 0.25) is 17.7 Å². The molecule has 0 aromatic carbocycles. The van der Waals surface area contributed by atoms with Crippen LogP contribution in [0.3, 0.4) is 0 Å².